The molecule has 0 aromatic heterocycles. The van der Waals surface area contributed by atoms with Crippen LogP contribution in [0.1, 0.15) is 36.5 Å². The lowest BCUT2D eigenvalue weighted by molar-refractivity contribution is 0.0959. The second-order valence-electron chi connectivity index (χ2n) is 5.70. The summed E-state index contributed by atoms with van der Waals surface area (Å²) in [4.78, 5) is 12.4. The van der Waals surface area contributed by atoms with Crippen LogP contribution >= 0.6 is 0 Å². The molecule has 1 saturated heterocycles. The Kier molecular flexibility index (Phi) is 4.60. The first-order valence-electron chi connectivity index (χ1n) is 6.93. The molecule has 4 nitrogen and oxygen atoms in total. The van der Waals surface area contributed by atoms with Crippen molar-refractivity contribution in [1.29, 1.82) is 0 Å². The number of carbonyl (C=O) groups excluding carboxylic acids is 1. The maximum Gasteiger partial charge on any atom is 0.175 e. The maximum atomic E-state index is 12.2. The van der Waals surface area contributed by atoms with Gasteiger partial charge in [0.2, 0.25) is 0 Å². The molecule has 1 aliphatic rings. The number of Topliss-reactive ketones (excluding diaryl/α,β-unsaturated/α-hetero) is 1. The largest absolute Gasteiger partial charge is 0.314 e. The first-order chi connectivity index (χ1) is 9.36. The van der Waals surface area contributed by atoms with E-state index in [0.29, 0.717) is 17.9 Å². The minimum absolute atomic E-state index is 0.0663. The average molecular weight is 295 g/mol. The molecule has 1 aliphatic heterocycles. The number of nitrogens with one attached hydrogen (secondary N) is 1. The summed E-state index contributed by atoms with van der Waals surface area (Å²) in [5, 5.41) is 3.37. The van der Waals surface area contributed by atoms with E-state index in [0.717, 1.165) is 25.6 Å². The molecule has 0 radical (unpaired) electrons. The Morgan fingerprint density at radius 2 is 1.95 bits per heavy atom. The van der Waals surface area contributed by atoms with Gasteiger partial charge in [0.05, 0.1) is 4.90 Å². The van der Waals surface area contributed by atoms with Gasteiger partial charge in [-0.2, -0.15) is 0 Å². The fraction of sp³-hybridized carbons (Fsp3) is 0.533. The molecule has 0 bridgehead atoms. The smallest absolute Gasteiger partial charge is 0.175 e. The van der Waals surface area contributed by atoms with Crippen molar-refractivity contribution >= 4 is 15.6 Å². The summed E-state index contributed by atoms with van der Waals surface area (Å²) >= 11 is 0. The van der Waals surface area contributed by atoms with Crippen molar-refractivity contribution in [2.75, 3.05) is 12.8 Å². The van der Waals surface area contributed by atoms with E-state index in [4.69, 9.17) is 0 Å². The van der Waals surface area contributed by atoms with Gasteiger partial charge in [-0.3, -0.25) is 4.79 Å². The standard InChI is InChI=1S/C15H21NO3S/c1-11-7-8-16-13(9-11)10-15(17)12-3-5-14(6-4-12)20(2,18)19/h3-6,11,13,16H,7-10H2,1-2H3. The van der Waals surface area contributed by atoms with Gasteiger partial charge in [0, 0.05) is 24.3 Å². The Labute approximate surface area is 120 Å². The SMILES string of the molecule is CC1CCNC(CC(=O)c2ccc(S(C)(=O)=O)cc2)C1. The summed E-state index contributed by atoms with van der Waals surface area (Å²) in [6.07, 6.45) is 3.82. The molecule has 20 heavy (non-hydrogen) atoms. The van der Waals surface area contributed by atoms with Gasteiger partial charge in [0.1, 0.15) is 0 Å². The lowest BCUT2D eigenvalue weighted by Gasteiger charge is -2.27. The second kappa shape index (κ2) is 6.06. The summed E-state index contributed by atoms with van der Waals surface area (Å²) in [7, 11) is -3.20. The van der Waals surface area contributed by atoms with Crippen LogP contribution in [0.2, 0.25) is 0 Å². The van der Waals surface area contributed by atoms with E-state index in [1.165, 1.54) is 12.1 Å². The number of carbonyl (C=O) groups is 1. The molecular weight excluding hydrogens is 274 g/mol. The molecule has 2 rings (SSSR count). The number of benzene rings is 1. The Morgan fingerprint density at radius 3 is 2.50 bits per heavy atom. The van der Waals surface area contributed by atoms with Gasteiger partial charge in [-0.1, -0.05) is 19.1 Å². The second-order valence-corrected chi connectivity index (χ2v) is 7.72. The van der Waals surface area contributed by atoms with Crippen LogP contribution in [-0.2, 0) is 9.84 Å². The zero-order valence-corrected chi connectivity index (χ0v) is 12.7. The lowest BCUT2D eigenvalue weighted by atomic mass is 9.90. The number of hydrogen-bond acceptors (Lipinski definition) is 4. The van der Waals surface area contributed by atoms with Crippen molar-refractivity contribution in [3.05, 3.63) is 29.8 Å². The van der Waals surface area contributed by atoms with E-state index in [1.54, 1.807) is 12.1 Å². The molecule has 110 valence electrons. The quantitative estimate of drug-likeness (QED) is 0.864. The molecule has 0 amide bonds. The number of ketones is 1. The highest BCUT2D eigenvalue weighted by molar-refractivity contribution is 7.90. The van der Waals surface area contributed by atoms with Crippen LogP contribution in [0.3, 0.4) is 0 Å². The van der Waals surface area contributed by atoms with Crippen molar-refractivity contribution in [2.24, 2.45) is 5.92 Å². The molecule has 1 aromatic rings. The minimum Gasteiger partial charge on any atom is -0.314 e. The molecule has 0 aliphatic carbocycles. The third-order valence-electron chi connectivity index (χ3n) is 3.79. The molecule has 0 spiro atoms. The van der Waals surface area contributed by atoms with Crippen molar-refractivity contribution in [1.82, 2.24) is 5.32 Å². The van der Waals surface area contributed by atoms with E-state index in [2.05, 4.69) is 12.2 Å². The lowest BCUT2D eigenvalue weighted by Crippen LogP contribution is -2.38. The Morgan fingerprint density at radius 1 is 1.30 bits per heavy atom. The Balaban J connectivity index is 2.02. The molecule has 2 unspecified atom stereocenters. The van der Waals surface area contributed by atoms with Crippen molar-refractivity contribution < 1.29 is 13.2 Å². The number of rotatable bonds is 4. The Bertz CT molecular complexity index is 578. The number of sulfone groups is 1. The normalized spacial score (nSPS) is 23.5. The average Bonchev–Trinajstić information content (AvgIpc) is 2.38. The minimum atomic E-state index is -3.20. The van der Waals surface area contributed by atoms with Gasteiger partial charge in [-0.25, -0.2) is 8.42 Å². The zero-order valence-electron chi connectivity index (χ0n) is 11.9. The molecular formula is C15H21NO3S. The Hall–Kier alpha value is -1.20. The summed E-state index contributed by atoms with van der Waals surface area (Å²) in [6.45, 7) is 3.17. The number of hydrogen-bond donors (Lipinski definition) is 1. The van der Waals surface area contributed by atoms with Gasteiger partial charge >= 0.3 is 0 Å². The first kappa shape index (κ1) is 15.2. The van der Waals surface area contributed by atoms with Crippen LogP contribution < -0.4 is 5.32 Å². The van der Waals surface area contributed by atoms with Crippen LogP contribution in [0.5, 0.6) is 0 Å². The van der Waals surface area contributed by atoms with Crippen LogP contribution in [0.15, 0.2) is 29.2 Å². The predicted octanol–water partition coefficient (Wildman–Crippen LogP) is 2.05. The van der Waals surface area contributed by atoms with E-state index in [-0.39, 0.29) is 16.7 Å². The van der Waals surface area contributed by atoms with Gasteiger partial charge < -0.3 is 5.32 Å². The predicted molar refractivity (Wildman–Crippen MR) is 78.7 cm³/mol. The molecule has 5 heteroatoms. The van der Waals surface area contributed by atoms with Gasteiger partial charge in [0.15, 0.2) is 15.6 Å². The fourth-order valence-corrected chi connectivity index (χ4v) is 3.24. The molecule has 2 atom stereocenters. The fourth-order valence-electron chi connectivity index (χ4n) is 2.61. The van der Waals surface area contributed by atoms with Crippen molar-refractivity contribution in [2.45, 2.75) is 37.1 Å². The van der Waals surface area contributed by atoms with Crippen molar-refractivity contribution in [3.63, 3.8) is 0 Å². The monoisotopic (exact) mass is 295 g/mol. The van der Waals surface area contributed by atoms with E-state index < -0.39 is 9.84 Å². The van der Waals surface area contributed by atoms with Gasteiger partial charge in [-0.15, -0.1) is 0 Å². The first-order valence-corrected chi connectivity index (χ1v) is 8.82. The summed E-state index contributed by atoms with van der Waals surface area (Å²) in [5.41, 5.74) is 0.581. The molecule has 1 heterocycles. The highest BCUT2D eigenvalue weighted by Gasteiger charge is 2.21. The highest BCUT2D eigenvalue weighted by atomic mass is 32.2. The van der Waals surface area contributed by atoms with Crippen LogP contribution in [0.25, 0.3) is 0 Å². The van der Waals surface area contributed by atoms with E-state index in [9.17, 15) is 13.2 Å². The van der Waals surface area contributed by atoms with Gasteiger partial charge in [0.25, 0.3) is 0 Å². The van der Waals surface area contributed by atoms with E-state index >= 15 is 0 Å². The molecule has 0 saturated carbocycles. The zero-order chi connectivity index (χ0) is 14.8. The third kappa shape index (κ3) is 3.90. The number of piperidine rings is 1. The molecule has 1 fully saturated rings. The highest BCUT2D eigenvalue weighted by Crippen LogP contribution is 2.19. The van der Waals surface area contributed by atoms with Crippen LogP contribution in [0.4, 0.5) is 0 Å². The topological polar surface area (TPSA) is 63.2 Å². The van der Waals surface area contributed by atoms with Crippen LogP contribution in [0, 0.1) is 5.92 Å². The third-order valence-corrected chi connectivity index (χ3v) is 4.92. The summed E-state index contributed by atoms with van der Waals surface area (Å²) < 4.78 is 22.7. The molecule has 1 aromatic carbocycles. The summed E-state index contributed by atoms with van der Waals surface area (Å²) in [6, 6.07) is 6.44. The maximum absolute atomic E-state index is 12.2. The van der Waals surface area contributed by atoms with E-state index in [1.807, 2.05) is 0 Å². The van der Waals surface area contributed by atoms with Gasteiger partial charge in [-0.05, 0) is 37.4 Å². The van der Waals surface area contributed by atoms with Crippen LogP contribution in [-0.4, -0.2) is 33.0 Å². The summed E-state index contributed by atoms with van der Waals surface area (Å²) in [5.74, 6) is 0.721. The molecule has 1 N–H and O–H groups in total. The van der Waals surface area contributed by atoms with Crippen molar-refractivity contribution in [3.8, 4) is 0 Å².